The molecule has 0 aliphatic rings. The van der Waals surface area contributed by atoms with Gasteiger partial charge in [-0.15, -0.1) is 11.8 Å². The van der Waals surface area contributed by atoms with Gasteiger partial charge in [-0.05, 0) is 65.5 Å². The van der Waals surface area contributed by atoms with E-state index < -0.39 is 5.56 Å². The Morgan fingerprint density at radius 1 is 0.596 bits per heavy atom. The summed E-state index contributed by atoms with van der Waals surface area (Å²) in [5, 5.41) is 10.9. The lowest BCUT2D eigenvalue weighted by atomic mass is 10.1. The number of unbranched alkanes of at least 4 members (excludes halogenated alkanes) is 16. The summed E-state index contributed by atoms with van der Waals surface area (Å²) in [5.74, 6) is 0.710. The zero-order chi connectivity index (χ0) is 34.6. The van der Waals surface area contributed by atoms with Crippen LogP contribution in [0, 0.1) is 0 Å². The van der Waals surface area contributed by atoms with Crippen molar-refractivity contribution in [1.29, 1.82) is 0 Å². The topological polar surface area (TPSA) is 79.3 Å². The van der Waals surface area contributed by atoms with Crippen LogP contribution in [-0.2, 0) is 19.1 Å². The number of carbonyl (C=O) groups excluding carboxylic acids is 2. The highest BCUT2D eigenvalue weighted by atomic mass is 32.2. The highest BCUT2D eigenvalue weighted by Gasteiger charge is 2.15. The number of thioether (sulfide) groups is 1. The lowest BCUT2D eigenvalue weighted by Crippen LogP contribution is -2.35. The van der Waals surface area contributed by atoms with E-state index in [9.17, 15) is 14.7 Å². The largest absolute Gasteiger partial charge is 0.461 e. The van der Waals surface area contributed by atoms with Gasteiger partial charge >= 0.3 is 11.9 Å². The van der Waals surface area contributed by atoms with E-state index in [4.69, 9.17) is 9.47 Å². The number of esters is 2. The van der Waals surface area contributed by atoms with Crippen LogP contribution in [0.15, 0.2) is 24.3 Å². The van der Waals surface area contributed by atoms with E-state index in [-0.39, 0.29) is 11.9 Å². The summed E-state index contributed by atoms with van der Waals surface area (Å²) >= 11 is 1.62. The van der Waals surface area contributed by atoms with Crippen molar-refractivity contribution in [3.8, 4) is 0 Å². The molecule has 0 radical (unpaired) electrons. The van der Waals surface area contributed by atoms with Crippen LogP contribution in [-0.4, -0.2) is 85.1 Å². The molecule has 276 valence electrons. The highest BCUT2D eigenvalue weighted by molar-refractivity contribution is 7.99. The number of hydrogen-bond donors (Lipinski definition) is 1. The van der Waals surface area contributed by atoms with Gasteiger partial charge in [0.25, 0.3) is 0 Å². The maximum Gasteiger partial charge on any atom is 0.306 e. The van der Waals surface area contributed by atoms with E-state index in [1.807, 2.05) is 12.2 Å². The lowest BCUT2D eigenvalue weighted by molar-refractivity contribution is -0.143. The molecule has 0 rings (SSSR count). The standard InChI is InChI=1S/C39H74N2O5S/c1-5-7-9-11-13-21-27-34-45-37(42)29-23-17-15-19-25-31-41(39(44)47-36-33-40(3)4)32-26-20-16-18-24-30-38(43)46-35-28-22-14-12-10-8-6-2/h21-22,27-28,39,44H,5-20,23-26,29-36H2,1-4H3/b27-21-,28-22-. The fraction of sp³-hybridized carbons (Fsp3) is 0.846. The molecular weight excluding hydrogens is 609 g/mol. The Balaban J connectivity index is 4.07. The average molecular weight is 683 g/mol. The van der Waals surface area contributed by atoms with Crippen molar-refractivity contribution < 1.29 is 24.2 Å². The number of allylic oxidation sites excluding steroid dienone is 2. The minimum absolute atomic E-state index is 0.0964. The van der Waals surface area contributed by atoms with Gasteiger partial charge in [0.2, 0.25) is 0 Å². The van der Waals surface area contributed by atoms with Gasteiger partial charge in [-0.2, -0.15) is 0 Å². The quantitative estimate of drug-likeness (QED) is 0.0306. The third-order valence-corrected chi connectivity index (χ3v) is 9.25. The molecule has 0 aliphatic carbocycles. The molecule has 0 fully saturated rings. The van der Waals surface area contributed by atoms with Gasteiger partial charge in [0.1, 0.15) is 13.2 Å². The molecule has 0 saturated heterocycles. The predicted molar refractivity (Wildman–Crippen MR) is 202 cm³/mol. The Kier molecular flexibility index (Phi) is 34.9. The van der Waals surface area contributed by atoms with Gasteiger partial charge in [-0.1, -0.05) is 115 Å². The number of carbonyl (C=O) groups is 2. The Labute approximate surface area is 294 Å². The maximum absolute atomic E-state index is 12.0. The zero-order valence-corrected chi connectivity index (χ0v) is 31.9. The number of aliphatic hydroxyl groups is 1. The van der Waals surface area contributed by atoms with Gasteiger partial charge in [0.05, 0.1) is 0 Å². The number of aliphatic hydroxyl groups excluding tert-OH is 1. The number of hydrogen-bond acceptors (Lipinski definition) is 8. The van der Waals surface area contributed by atoms with E-state index in [1.165, 1.54) is 51.4 Å². The second-order valence-corrected chi connectivity index (χ2v) is 14.2. The lowest BCUT2D eigenvalue weighted by Gasteiger charge is -2.28. The molecular formula is C39H74N2O5S. The molecule has 1 atom stereocenters. The van der Waals surface area contributed by atoms with Crippen LogP contribution in [0.3, 0.4) is 0 Å². The molecule has 0 saturated carbocycles. The molecule has 0 aromatic heterocycles. The van der Waals surface area contributed by atoms with Crippen LogP contribution in [0.1, 0.15) is 155 Å². The molecule has 0 heterocycles. The van der Waals surface area contributed by atoms with Crippen molar-refractivity contribution in [2.24, 2.45) is 0 Å². The number of ether oxygens (including phenoxy) is 2. The zero-order valence-electron chi connectivity index (χ0n) is 31.1. The fourth-order valence-corrected chi connectivity index (χ4v) is 6.29. The minimum atomic E-state index is -0.477. The summed E-state index contributed by atoms with van der Waals surface area (Å²) < 4.78 is 10.7. The Hall–Kier alpha value is -1.35. The van der Waals surface area contributed by atoms with Crippen LogP contribution >= 0.6 is 11.8 Å². The molecule has 0 aromatic rings. The van der Waals surface area contributed by atoms with Crippen molar-refractivity contribution in [2.75, 3.05) is 52.7 Å². The predicted octanol–water partition coefficient (Wildman–Crippen LogP) is 9.68. The molecule has 0 amide bonds. The first-order chi connectivity index (χ1) is 22.9. The summed E-state index contributed by atoms with van der Waals surface area (Å²) in [7, 11) is 4.12. The normalized spacial score (nSPS) is 12.6. The van der Waals surface area contributed by atoms with Crippen molar-refractivity contribution in [2.45, 2.75) is 161 Å². The molecule has 1 unspecified atom stereocenters. The Bertz CT molecular complexity index is 710. The highest BCUT2D eigenvalue weighted by Crippen LogP contribution is 2.17. The summed E-state index contributed by atoms with van der Waals surface area (Å²) in [6.45, 7) is 7.95. The van der Waals surface area contributed by atoms with Crippen LogP contribution in [0.25, 0.3) is 0 Å². The van der Waals surface area contributed by atoms with Crippen molar-refractivity contribution in [1.82, 2.24) is 9.80 Å². The summed E-state index contributed by atoms with van der Waals surface area (Å²) in [6.07, 6.45) is 31.7. The maximum atomic E-state index is 12.0. The molecule has 7 nitrogen and oxygen atoms in total. The minimum Gasteiger partial charge on any atom is -0.461 e. The molecule has 0 bridgehead atoms. The van der Waals surface area contributed by atoms with Gasteiger partial charge < -0.3 is 19.5 Å². The Morgan fingerprint density at radius 2 is 1.02 bits per heavy atom. The third kappa shape index (κ3) is 34.3. The van der Waals surface area contributed by atoms with Crippen molar-refractivity contribution in [3.63, 3.8) is 0 Å². The number of rotatable bonds is 35. The van der Waals surface area contributed by atoms with E-state index in [0.29, 0.717) is 26.1 Å². The van der Waals surface area contributed by atoms with Crippen LogP contribution in [0.2, 0.25) is 0 Å². The molecule has 47 heavy (non-hydrogen) atoms. The molecule has 0 spiro atoms. The first-order valence-corrected chi connectivity index (χ1v) is 20.2. The van der Waals surface area contributed by atoms with Crippen LogP contribution in [0.5, 0.6) is 0 Å². The van der Waals surface area contributed by atoms with Gasteiger partial charge in [0, 0.05) is 38.2 Å². The van der Waals surface area contributed by atoms with Crippen molar-refractivity contribution in [3.05, 3.63) is 24.3 Å². The van der Waals surface area contributed by atoms with E-state index in [1.54, 1.807) is 11.8 Å². The summed E-state index contributed by atoms with van der Waals surface area (Å²) in [5.41, 5.74) is -0.477. The summed E-state index contributed by atoms with van der Waals surface area (Å²) in [6, 6.07) is 0. The molecule has 0 aliphatic heterocycles. The van der Waals surface area contributed by atoms with E-state index >= 15 is 0 Å². The summed E-state index contributed by atoms with van der Waals surface area (Å²) in [4.78, 5) is 28.3. The van der Waals surface area contributed by atoms with Crippen LogP contribution in [0.4, 0.5) is 0 Å². The van der Waals surface area contributed by atoms with E-state index in [0.717, 1.165) is 102 Å². The van der Waals surface area contributed by atoms with Crippen molar-refractivity contribution >= 4 is 23.7 Å². The van der Waals surface area contributed by atoms with Crippen LogP contribution < -0.4 is 0 Å². The van der Waals surface area contributed by atoms with Gasteiger partial charge in [-0.25, -0.2) is 0 Å². The smallest absolute Gasteiger partial charge is 0.306 e. The van der Waals surface area contributed by atoms with Gasteiger partial charge in [-0.3, -0.25) is 14.5 Å². The fourth-order valence-electron chi connectivity index (χ4n) is 5.18. The monoisotopic (exact) mass is 683 g/mol. The molecule has 1 N–H and O–H groups in total. The molecule has 0 aromatic carbocycles. The third-order valence-electron chi connectivity index (χ3n) is 8.23. The number of nitrogens with zero attached hydrogens (tertiary/aromatic N) is 2. The first kappa shape index (κ1) is 45.6. The second kappa shape index (κ2) is 35.9. The van der Waals surface area contributed by atoms with E-state index in [2.05, 4.69) is 49.9 Å². The second-order valence-electron chi connectivity index (χ2n) is 13.1. The SMILES string of the molecule is CCCCCC/C=C\COC(=O)CCCCCCCN(CCCCCCCC(=O)OC/C=C\CCCCCC)C(O)SCCN(C)C. The molecule has 8 heteroatoms. The first-order valence-electron chi connectivity index (χ1n) is 19.2. The Morgan fingerprint density at radius 3 is 1.47 bits per heavy atom. The average Bonchev–Trinajstić information content (AvgIpc) is 3.05. The van der Waals surface area contributed by atoms with Gasteiger partial charge in [0.15, 0.2) is 5.56 Å².